The van der Waals surface area contributed by atoms with E-state index in [1.54, 1.807) is 7.11 Å². The van der Waals surface area contributed by atoms with E-state index in [0.717, 1.165) is 62.0 Å². The first-order valence-electron chi connectivity index (χ1n) is 11.8. The number of benzene rings is 1. The van der Waals surface area contributed by atoms with E-state index in [-0.39, 0.29) is 36.7 Å². The summed E-state index contributed by atoms with van der Waals surface area (Å²) in [4.78, 5) is 12.6. The van der Waals surface area contributed by atoms with Crippen LogP contribution in [-0.4, -0.2) is 58.0 Å². The predicted octanol–water partition coefficient (Wildman–Crippen LogP) is 2.95. The second kappa shape index (κ2) is 10.9. The van der Waals surface area contributed by atoms with Gasteiger partial charge in [-0.3, -0.25) is 9.48 Å². The molecule has 32 heavy (non-hydrogen) atoms. The number of methoxy groups -OCH3 is 1. The number of hydrogen-bond donors (Lipinski definition) is 2. The average molecular weight is 443 g/mol. The van der Waals surface area contributed by atoms with Crippen molar-refractivity contribution in [1.29, 1.82) is 0 Å². The Balaban J connectivity index is 1.28. The molecule has 4 rings (SSSR count). The molecule has 2 N–H and O–H groups in total. The van der Waals surface area contributed by atoms with E-state index < -0.39 is 0 Å². The summed E-state index contributed by atoms with van der Waals surface area (Å²) in [5.41, 5.74) is 1.68. The van der Waals surface area contributed by atoms with E-state index in [0.29, 0.717) is 6.54 Å². The zero-order chi connectivity index (χ0) is 22.3. The van der Waals surface area contributed by atoms with Crippen LogP contribution >= 0.6 is 0 Å². The van der Waals surface area contributed by atoms with Crippen molar-refractivity contribution >= 4 is 5.91 Å². The second-order valence-electron chi connectivity index (χ2n) is 8.86. The predicted molar refractivity (Wildman–Crippen MR) is 120 cm³/mol. The monoisotopic (exact) mass is 442 g/mol. The van der Waals surface area contributed by atoms with Gasteiger partial charge in [0, 0.05) is 18.0 Å². The molecule has 1 saturated carbocycles. The Morgan fingerprint density at radius 1 is 1.22 bits per heavy atom. The Morgan fingerprint density at radius 3 is 2.81 bits per heavy atom. The summed E-state index contributed by atoms with van der Waals surface area (Å²) < 4.78 is 13.4. The van der Waals surface area contributed by atoms with Crippen LogP contribution in [0.1, 0.15) is 51.4 Å². The average Bonchev–Trinajstić information content (AvgIpc) is 3.32. The number of carbonyl (C=O) groups excluding carboxylic acids is 1. The summed E-state index contributed by atoms with van der Waals surface area (Å²) in [6, 6.07) is 7.63. The number of aromatic nitrogens is 3. The number of nitrogens with zero attached hydrogens (tertiary/aromatic N) is 3. The van der Waals surface area contributed by atoms with Crippen LogP contribution in [0.25, 0.3) is 11.3 Å². The van der Waals surface area contributed by atoms with E-state index in [4.69, 9.17) is 9.47 Å². The van der Waals surface area contributed by atoms with Crippen LogP contribution in [0, 0.1) is 5.92 Å². The number of rotatable bonds is 8. The molecule has 3 atom stereocenters. The van der Waals surface area contributed by atoms with Gasteiger partial charge >= 0.3 is 0 Å². The maximum absolute atomic E-state index is 12.6. The molecule has 0 bridgehead atoms. The Morgan fingerprint density at radius 2 is 2.03 bits per heavy atom. The number of nitrogens with one attached hydrogen (secondary N) is 1. The second-order valence-corrected chi connectivity index (χ2v) is 8.86. The smallest absolute Gasteiger partial charge is 0.223 e. The molecule has 0 unspecified atom stereocenters. The van der Waals surface area contributed by atoms with E-state index in [2.05, 4.69) is 15.6 Å². The van der Waals surface area contributed by atoms with Gasteiger partial charge in [0.15, 0.2) is 0 Å². The topological polar surface area (TPSA) is 98.5 Å². The molecule has 2 heterocycles. The fraction of sp³-hybridized carbons (Fsp3) is 0.625. The number of ether oxygens (including phenoxy) is 2. The van der Waals surface area contributed by atoms with Gasteiger partial charge in [-0.25, -0.2) is 0 Å². The van der Waals surface area contributed by atoms with E-state index in [1.165, 1.54) is 6.42 Å². The first-order chi connectivity index (χ1) is 15.7. The van der Waals surface area contributed by atoms with Crippen molar-refractivity contribution in [3.63, 3.8) is 0 Å². The van der Waals surface area contributed by atoms with E-state index in [1.807, 2.05) is 35.1 Å². The fourth-order valence-electron chi connectivity index (χ4n) is 4.84. The van der Waals surface area contributed by atoms with Crippen LogP contribution in [0.4, 0.5) is 0 Å². The van der Waals surface area contributed by atoms with Crippen LogP contribution < -0.4 is 10.1 Å². The van der Waals surface area contributed by atoms with Crippen LogP contribution in [0.2, 0.25) is 0 Å². The summed E-state index contributed by atoms with van der Waals surface area (Å²) in [7, 11) is 1.64. The molecule has 2 fully saturated rings. The molecule has 2 aromatic rings. The highest BCUT2D eigenvalue weighted by Gasteiger charge is 2.33. The molecular formula is C24H34N4O4. The van der Waals surface area contributed by atoms with Gasteiger partial charge in [0.25, 0.3) is 0 Å². The summed E-state index contributed by atoms with van der Waals surface area (Å²) >= 11 is 0. The summed E-state index contributed by atoms with van der Waals surface area (Å²) in [6.45, 7) is 0.581. The third-order valence-corrected chi connectivity index (χ3v) is 6.70. The molecule has 8 nitrogen and oxygen atoms in total. The Kier molecular flexibility index (Phi) is 7.76. The van der Waals surface area contributed by atoms with Gasteiger partial charge in [0.2, 0.25) is 5.91 Å². The maximum atomic E-state index is 12.6. The third-order valence-electron chi connectivity index (χ3n) is 6.70. The number of aryl methyl sites for hydroxylation is 1. The summed E-state index contributed by atoms with van der Waals surface area (Å²) in [5, 5.41) is 21.5. The highest BCUT2D eigenvalue weighted by molar-refractivity contribution is 5.79. The fourth-order valence-corrected chi connectivity index (χ4v) is 4.84. The van der Waals surface area contributed by atoms with Crippen molar-refractivity contribution in [3.05, 3.63) is 30.5 Å². The van der Waals surface area contributed by atoms with Gasteiger partial charge in [-0.05, 0) is 44.2 Å². The van der Waals surface area contributed by atoms with E-state index in [9.17, 15) is 9.90 Å². The first kappa shape index (κ1) is 22.7. The van der Waals surface area contributed by atoms with Crippen LogP contribution in [-0.2, 0) is 16.1 Å². The molecule has 2 aliphatic rings. The zero-order valence-electron chi connectivity index (χ0n) is 18.8. The summed E-state index contributed by atoms with van der Waals surface area (Å²) in [6.07, 6.45) is 9.45. The minimum absolute atomic E-state index is 0.0221. The van der Waals surface area contributed by atoms with Gasteiger partial charge in [-0.2, -0.15) is 0 Å². The van der Waals surface area contributed by atoms with Gasteiger partial charge in [-0.15, -0.1) is 5.10 Å². The largest absolute Gasteiger partial charge is 0.496 e. The van der Waals surface area contributed by atoms with Crippen molar-refractivity contribution < 1.29 is 19.4 Å². The lowest BCUT2D eigenvalue weighted by molar-refractivity contribution is -0.133. The number of aliphatic hydroxyl groups excluding tert-OH is 1. The number of amides is 1. The van der Waals surface area contributed by atoms with Crippen molar-refractivity contribution in [3.8, 4) is 17.0 Å². The molecule has 1 aliphatic carbocycles. The highest BCUT2D eigenvalue weighted by Crippen LogP contribution is 2.28. The van der Waals surface area contributed by atoms with Crippen LogP contribution in [0.15, 0.2) is 30.5 Å². The van der Waals surface area contributed by atoms with Crippen LogP contribution in [0.3, 0.4) is 0 Å². The van der Waals surface area contributed by atoms with Gasteiger partial charge in [0.05, 0.1) is 32.1 Å². The number of para-hydroxylation sites is 1. The van der Waals surface area contributed by atoms with Gasteiger partial charge in [-0.1, -0.05) is 36.6 Å². The summed E-state index contributed by atoms with van der Waals surface area (Å²) in [5.74, 6) is 1.01. The maximum Gasteiger partial charge on any atom is 0.223 e. The van der Waals surface area contributed by atoms with Crippen molar-refractivity contribution in [2.75, 3.05) is 13.7 Å². The lowest BCUT2D eigenvalue weighted by Crippen LogP contribution is -2.52. The Labute approximate surface area is 189 Å². The first-order valence-corrected chi connectivity index (χ1v) is 11.8. The zero-order valence-corrected chi connectivity index (χ0v) is 18.8. The molecule has 1 aromatic heterocycles. The van der Waals surface area contributed by atoms with Crippen molar-refractivity contribution in [1.82, 2.24) is 20.3 Å². The normalized spacial score (nSPS) is 24.2. The molecular weight excluding hydrogens is 408 g/mol. The quantitative estimate of drug-likeness (QED) is 0.652. The highest BCUT2D eigenvalue weighted by atomic mass is 16.5. The van der Waals surface area contributed by atoms with Gasteiger partial charge in [0.1, 0.15) is 17.5 Å². The van der Waals surface area contributed by atoms with Crippen LogP contribution in [0.5, 0.6) is 5.75 Å². The Hall–Kier alpha value is -2.45. The number of hydrogen-bond acceptors (Lipinski definition) is 6. The molecule has 0 radical (unpaired) electrons. The number of carbonyl (C=O) groups is 1. The molecule has 0 spiro atoms. The molecule has 1 amide bonds. The lowest BCUT2D eigenvalue weighted by atomic mass is 9.88. The van der Waals surface area contributed by atoms with Crippen molar-refractivity contribution in [2.45, 2.75) is 76.2 Å². The molecule has 1 saturated heterocycles. The number of aliphatic hydroxyl groups is 1. The molecule has 1 aliphatic heterocycles. The van der Waals surface area contributed by atoms with Crippen molar-refractivity contribution in [2.24, 2.45) is 5.92 Å². The van der Waals surface area contributed by atoms with Gasteiger partial charge < -0.3 is 19.9 Å². The molecule has 1 aromatic carbocycles. The standard InChI is InChI=1S/C24H34N4O4/c1-31-22-10-6-5-9-19(22)21-15-28(27-26-21)14-13-18-11-12-20(23(16-29)32-18)25-24(30)17-7-3-2-4-8-17/h5-6,9-10,15,17-18,20,23,29H,2-4,7-8,11-14,16H2,1H3,(H,25,30)/t18-,20-,23+/m0/s1. The molecule has 174 valence electrons. The SMILES string of the molecule is COc1ccccc1-c1cn(CC[C@@H]2CC[C@H](NC(=O)C3CCCCC3)[C@@H](CO)O2)nn1. The minimum Gasteiger partial charge on any atom is -0.496 e. The third kappa shape index (κ3) is 5.48. The lowest BCUT2D eigenvalue weighted by Gasteiger charge is -2.37. The van der Waals surface area contributed by atoms with E-state index >= 15 is 0 Å². The molecule has 8 heteroatoms. The Bertz CT molecular complexity index is 880. The minimum atomic E-state index is -0.360.